The lowest BCUT2D eigenvalue weighted by atomic mass is 9.92. The molecule has 0 aromatic heterocycles. The first-order valence-corrected chi connectivity index (χ1v) is 7.58. The lowest BCUT2D eigenvalue weighted by Gasteiger charge is -2.20. The molecule has 21 heavy (non-hydrogen) atoms. The van der Waals surface area contributed by atoms with Crippen LogP contribution in [-0.2, 0) is 11.2 Å². The first-order valence-electron chi connectivity index (χ1n) is 7.20. The molecule has 2 rings (SSSR count). The van der Waals surface area contributed by atoms with Crippen molar-refractivity contribution < 1.29 is 14.3 Å². The average Bonchev–Trinajstić information content (AvgIpc) is 2.36. The van der Waals surface area contributed by atoms with Gasteiger partial charge in [0.1, 0.15) is 13.2 Å². The molecule has 1 heterocycles. The van der Waals surface area contributed by atoms with Crippen LogP contribution in [0.2, 0.25) is 5.02 Å². The van der Waals surface area contributed by atoms with E-state index in [0.717, 1.165) is 5.56 Å². The second-order valence-corrected chi connectivity index (χ2v) is 6.85. The minimum absolute atomic E-state index is 0.00436. The molecule has 0 atom stereocenters. The molecular formula is C16H22ClNO3. The van der Waals surface area contributed by atoms with E-state index in [1.54, 1.807) is 0 Å². The summed E-state index contributed by atoms with van der Waals surface area (Å²) in [4.78, 5) is 11.8. The highest BCUT2D eigenvalue weighted by Crippen LogP contribution is 2.38. The van der Waals surface area contributed by atoms with E-state index in [4.69, 9.17) is 21.1 Å². The molecule has 1 aromatic rings. The molecule has 1 aromatic carbocycles. The van der Waals surface area contributed by atoms with Crippen LogP contribution in [-0.4, -0.2) is 25.7 Å². The Morgan fingerprint density at radius 3 is 2.71 bits per heavy atom. The fraction of sp³-hybridized carbons (Fsp3) is 0.562. The van der Waals surface area contributed by atoms with Crippen molar-refractivity contribution in [3.05, 3.63) is 22.7 Å². The molecule has 0 bridgehead atoms. The molecule has 0 fully saturated rings. The first-order chi connectivity index (χ1) is 9.85. The van der Waals surface area contributed by atoms with Crippen LogP contribution in [0.15, 0.2) is 12.1 Å². The fourth-order valence-electron chi connectivity index (χ4n) is 2.20. The minimum atomic E-state index is 0.00436. The quantitative estimate of drug-likeness (QED) is 0.929. The summed E-state index contributed by atoms with van der Waals surface area (Å²) in [6, 6.07) is 3.79. The van der Waals surface area contributed by atoms with Crippen molar-refractivity contribution in [3.63, 3.8) is 0 Å². The van der Waals surface area contributed by atoms with Crippen LogP contribution in [0.3, 0.4) is 0 Å². The van der Waals surface area contributed by atoms with Gasteiger partial charge in [-0.3, -0.25) is 4.79 Å². The van der Waals surface area contributed by atoms with E-state index >= 15 is 0 Å². The molecule has 0 aliphatic carbocycles. The maximum Gasteiger partial charge on any atom is 0.220 e. The molecule has 1 amide bonds. The Morgan fingerprint density at radius 1 is 1.29 bits per heavy atom. The number of hydrogen-bond acceptors (Lipinski definition) is 3. The molecule has 0 unspecified atom stereocenters. The van der Waals surface area contributed by atoms with E-state index in [1.165, 1.54) is 0 Å². The number of carbonyl (C=O) groups excluding carboxylic acids is 1. The highest BCUT2D eigenvalue weighted by molar-refractivity contribution is 6.32. The van der Waals surface area contributed by atoms with Gasteiger partial charge in [0, 0.05) is 13.0 Å². The van der Waals surface area contributed by atoms with E-state index in [9.17, 15) is 4.79 Å². The van der Waals surface area contributed by atoms with Gasteiger partial charge in [0.2, 0.25) is 5.91 Å². The minimum Gasteiger partial charge on any atom is -0.486 e. The summed E-state index contributed by atoms with van der Waals surface area (Å²) in [7, 11) is 0. The first kappa shape index (κ1) is 16.0. The predicted octanol–water partition coefficient (Wildman–Crippen LogP) is 3.21. The molecule has 1 N–H and O–H groups in total. The Hall–Kier alpha value is -1.42. The van der Waals surface area contributed by atoms with Gasteiger partial charge in [-0.05, 0) is 29.5 Å². The number of carbonyl (C=O) groups is 1. The Bertz CT molecular complexity index is 523. The van der Waals surface area contributed by atoms with E-state index in [-0.39, 0.29) is 11.3 Å². The number of halogens is 1. The van der Waals surface area contributed by atoms with E-state index in [0.29, 0.717) is 49.1 Å². The summed E-state index contributed by atoms with van der Waals surface area (Å²) >= 11 is 6.18. The SMILES string of the molecule is CC(C)(C)CC(=O)NCCc1cc(Cl)c2c(c1)OCCO2. The van der Waals surface area contributed by atoms with Crippen molar-refractivity contribution in [1.82, 2.24) is 5.32 Å². The number of nitrogens with one attached hydrogen (secondary N) is 1. The lowest BCUT2D eigenvalue weighted by Crippen LogP contribution is -2.29. The maximum atomic E-state index is 11.8. The zero-order chi connectivity index (χ0) is 15.5. The smallest absolute Gasteiger partial charge is 0.220 e. The third-order valence-electron chi connectivity index (χ3n) is 3.08. The van der Waals surface area contributed by atoms with Crippen LogP contribution < -0.4 is 14.8 Å². The van der Waals surface area contributed by atoms with Gasteiger partial charge in [0.25, 0.3) is 0 Å². The largest absolute Gasteiger partial charge is 0.486 e. The normalized spacial score (nSPS) is 13.9. The number of hydrogen-bond donors (Lipinski definition) is 1. The van der Waals surface area contributed by atoms with Crippen molar-refractivity contribution >= 4 is 17.5 Å². The Balaban J connectivity index is 1.89. The van der Waals surface area contributed by atoms with Gasteiger partial charge in [-0.1, -0.05) is 32.4 Å². The molecule has 0 spiro atoms. The summed E-state index contributed by atoms with van der Waals surface area (Å²) in [6.45, 7) is 7.79. The molecule has 4 nitrogen and oxygen atoms in total. The molecule has 116 valence electrons. The summed E-state index contributed by atoms with van der Waals surface area (Å²) in [5.41, 5.74) is 1.03. The highest BCUT2D eigenvalue weighted by Gasteiger charge is 2.17. The van der Waals surface area contributed by atoms with Crippen LogP contribution in [0.25, 0.3) is 0 Å². The molecule has 0 radical (unpaired) electrons. The van der Waals surface area contributed by atoms with Crippen molar-refractivity contribution in [2.45, 2.75) is 33.6 Å². The third-order valence-corrected chi connectivity index (χ3v) is 3.36. The maximum absolute atomic E-state index is 11.8. The lowest BCUT2D eigenvalue weighted by molar-refractivity contribution is -0.122. The van der Waals surface area contributed by atoms with Crippen LogP contribution >= 0.6 is 11.6 Å². The Labute approximate surface area is 130 Å². The second-order valence-electron chi connectivity index (χ2n) is 6.44. The third kappa shape index (κ3) is 4.81. The van der Waals surface area contributed by atoms with E-state index < -0.39 is 0 Å². The topological polar surface area (TPSA) is 47.6 Å². The number of ether oxygens (including phenoxy) is 2. The zero-order valence-corrected chi connectivity index (χ0v) is 13.5. The Morgan fingerprint density at radius 2 is 2.00 bits per heavy atom. The van der Waals surface area contributed by atoms with Gasteiger partial charge in [0.05, 0.1) is 5.02 Å². The predicted molar refractivity (Wildman–Crippen MR) is 83.2 cm³/mol. The van der Waals surface area contributed by atoms with Crippen LogP contribution in [0.1, 0.15) is 32.8 Å². The number of amides is 1. The second kappa shape index (κ2) is 6.56. The van der Waals surface area contributed by atoms with Gasteiger partial charge in [0.15, 0.2) is 11.5 Å². The summed E-state index contributed by atoms with van der Waals surface area (Å²) < 4.78 is 11.0. The van der Waals surface area contributed by atoms with Gasteiger partial charge in [-0.15, -0.1) is 0 Å². The van der Waals surface area contributed by atoms with Crippen molar-refractivity contribution in [2.75, 3.05) is 19.8 Å². The highest BCUT2D eigenvalue weighted by atomic mass is 35.5. The van der Waals surface area contributed by atoms with Gasteiger partial charge < -0.3 is 14.8 Å². The number of rotatable bonds is 4. The number of benzene rings is 1. The van der Waals surface area contributed by atoms with Crippen molar-refractivity contribution in [1.29, 1.82) is 0 Å². The zero-order valence-electron chi connectivity index (χ0n) is 12.8. The summed E-state index contributed by atoms with van der Waals surface area (Å²) in [5.74, 6) is 1.37. The van der Waals surface area contributed by atoms with Gasteiger partial charge >= 0.3 is 0 Å². The molecule has 1 aliphatic heterocycles. The molecule has 0 saturated heterocycles. The fourth-order valence-corrected chi connectivity index (χ4v) is 2.49. The molecule has 1 aliphatic rings. The summed E-state index contributed by atoms with van der Waals surface area (Å²) in [5, 5.41) is 3.49. The molecular weight excluding hydrogens is 290 g/mol. The number of fused-ring (bicyclic) bond motifs is 1. The van der Waals surface area contributed by atoms with Crippen LogP contribution in [0, 0.1) is 5.41 Å². The van der Waals surface area contributed by atoms with Crippen LogP contribution in [0.5, 0.6) is 11.5 Å². The van der Waals surface area contributed by atoms with Gasteiger partial charge in [-0.25, -0.2) is 0 Å². The van der Waals surface area contributed by atoms with Crippen molar-refractivity contribution in [2.24, 2.45) is 5.41 Å². The average molecular weight is 312 g/mol. The summed E-state index contributed by atoms with van der Waals surface area (Å²) in [6.07, 6.45) is 1.24. The molecule has 5 heteroatoms. The molecule has 0 saturated carbocycles. The van der Waals surface area contributed by atoms with Crippen molar-refractivity contribution in [3.8, 4) is 11.5 Å². The van der Waals surface area contributed by atoms with Crippen LogP contribution in [0.4, 0.5) is 0 Å². The standard InChI is InChI=1S/C16H22ClNO3/c1-16(2,3)10-14(19)18-5-4-11-8-12(17)15-13(9-11)20-6-7-21-15/h8-9H,4-7,10H2,1-3H3,(H,18,19). The monoisotopic (exact) mass is 311 g/mol. The van der Waals surface area contributed by atoms with Gasteiger partial charge in [-0.2, -0.15) is 0 Å². The van der Waals surface area contributed by atoms with E-state index in [1.807, 2.05) is 32.9 Å². The Kier molecular flexibility index (Phi) is 4.99. The van der Waals surface area contributed by atoms with E-state index in [2.05, 4.69) is 5.32 Å².